The summed E-state index contributed by atoms with van der Waals surface area (Å²) >= 11 is 1.48. The molecule has 2 amide bonds. The van der Waals surface area contributed by atoms with Crippen molar-refractivity contribution >= 4 is 33.4 Å². The van der Waals surface area contributed by atoms with Gasteiger partial charge in [0.25, 0.3) is 5.56 Å². The van der Waals surface area contributed by atoms with E-state index in [1.807, 2.05) is 27.7 Å². The van der Waals surface area contributed by atoms with Gasteiger partial charge in [-0.1, -0.05) is 6.92 Å². The van der Waals surface area contributed by atoms with Crippen molar-refractivity contribution in [2.45, 2.75) is 59.5 Å². The molecule has 0 aliphatic rings. The van der Waals surface area contributed by atoms with Gasteiger partial charge in [0, 0.05) is 23.9 Å². The molecule has 2 aromatic rings. The molecule has 142 valence electrons. The molecule has 7 nitrogen and oxygen atoms in total. The Hall–Kier alpha value is -2.22. The zero-order chi connectivity index (χ0) is 19.3. The van der Waals surface area contributed by atoms with E-state index in [0.29, 0.717) is 29.6 Å². The van der Waals surface area contributed by atoms with E-state index in [2.05, 4.69) is 15.6 Å². The van der Waals surface area contributed by atoms with Crippen molar-refractivity contribution in [3.63, 3.8) is 0 Å². The quantitative estimate of drug-likeness (QED) is 0.686. The molecular formula is C18H26N4O3S. The van der Waals surface area contributed by atoms with Crippen LogP contribution in [0.1, 0.15) is 43.6 Å². The topological polar surface area (TPSA) is 93.1 Å². The fraction of sp³-hybridized carbons (Fsp3) is 0.556. The van der Waals surface area contributed by atoms with Crippen molar-refractivity contribution in [1.82, 2.24) is 20.2 Å². The number of amides is 2. The predicted molar refractivity (Wildman–Crippen MR) is 103 cm³/mol. The third-order valence-electron chi connectivity index (χ3n) is 4.39. The van der Waals surface area contributed by atoms with Crippen LogP contribution in [0.3, 0.4) is 0 Å². The van der Waals surface area contributed by atoms with Crippen molar-refractivity contribution in [2.75, 3.05) is 6.54 Å². The SMILES string of the molecule is CC[C@H](C)NC(=O)CCCNC(=O)Cn1cnc2sc(C)c(C)c2c1=O. The van der Waals surface area contributed by atoms with Crippen molar-refractivity contribution in [2.24, 2.45) is 0 Å². The molecule has 0 fully saturated rings. The highest BCUT2D eigenvalue weighted by molar-refractivity contribution is 7.18. The predicted octanol–water partition coefficient (Wildman–Crippen LogP) is 1.89. The Labute approximate surface area is 156 Å². The molecule has 26 heavy (non-hydrogen) atoms. The van der Waals surface area contributed by atoms with E-state index >= 15 is 0 Å². The summed E-state index contributed by atoms with van der Waals surface area (Å²) in [7, 11) is 0. The van der Waals surface area contributed by atoms with Crippen LogP contribution in [0.25, 0.3) is 10.2 Å². The summed E-state index contributed by atoms with van der Waals surface area (Å²) < 4.78 is 1.33. The molecule has 0 spiro atoms. The van der Waals surface area contributed by atoms with Gasteiger partial charge in [-0.05, 0) is 39.2 Å². The van der Waals surface area contributed by atoms with Gasteiger partial charge in [-0.2, -0.15) is 0 Å². The smallest absolute Gasteiger partial charge is 0.262 e. The molecule has 0 saturated heterocycles. The van der Waals surface area contributed by atoms with E-state index in [1.165, 1.54) is 22.2 Å². The summed E-state index contributed by atoms with van der Waals surface area (Å²) in [5.74, 6) is -0.275. The van der Waals surface area contributed by atoms with Gasteiger partial charge in [-0.15, -0.1) is 11.3 Å². The maximum absolute atomic E-state index is 12.5. The van der Waals surface area contributed by atoms with Gasteiger partial charge in [-0.3, -0.25) is 19.0 Å². The number of carbonyl (C=O) groups is 2. The Morgan fingerprint density at radius 1 is 1.31 bits per heavy atom. The zero-order valence-corrected chi connectivity index (χ0v) is 16.5. The average molecular weight is 378 g/mol. The van der Waals surface area contributed by atoms with Gasteiger partial charge in [0.2, 0.25) is 11.8 Å². The van der Waals surface area contributed by atoms with E-state index in [1.54, 1.807) is 0 Å². The third kappa shape index (κ3) is 4.91. The van der Waals surface area contributed by atoms with Crippen molar-refractivity contribution in [3.8, 4) is 0 Å². The summed E-state index contributed by atoms with van der Waals surface area (Å²) in [4.78, 5) is 42.3. The number of nitrogens with one attached hydrogen (secondary N) is 2. The maximum atomic E-state index is 12.5. The molecule has 2 aromatic heterocycles. The van der Waals surface area contributed by atoms with Crippen LogP contribution >= 0.6 is 11.3 Å². The number of aryl methyl sites for hydroxylation is 2. The lowest BCUT2D eigenvalue weighted by Crippen LogP contribution is -2.34. The highest BCUT2D eigenvalue weighted by Gasteiger charge is 2.13. The number of fused-ring (bicyclic) bond motifs is 1. The minimum absolute atomic E-state index is 0.0113. The minimum atomic E-state index is -0.264. The number of aromatic nitrogens is 2. The van der Waals surface area contributed by atoms with Crippen LogP contribution < -0.4 is 16.2 Å². The van der Waals surface area contributed by atoms with Crippen molar-refractivity contribution in [1.29, 1.82) is 0 Å². The second kappa shape index (κ2) is 8.93. The number of carbonyl (C=O) groups excluding carboxylic acids is 2. The Kier molecular flexibility index (Phi) is 6.90. The number of rotatable bonds is 8. The van der Waals surface area contributed by atoms with Crippen LogP contribution in [0.2, 0.25) is 0 Å². The molecular weight excluding hydrogens is 352 g/mol. The second-order valence-corrected chi connectivity index (χ2v) is 7.67. The molecule has 2 N–H and O–H groups in total. The Morgan fingerprint density at radius 3 is 2.73 bits per heavy atom. The first-order valence-corrected chi connectivity index (χ1v) is 9.66. The van der Waals surface area contributed by atoms with Crippen molar-refractivity contribution in [3.05, 3.63) is 27.1 Å². The van der Waals surface area contributed by atoms with Gasteiger partial charge >= 0.3 is 0 Å². The van der Waals surface area contributed by atoms with Crippen LogP contribution in [0, 0.1) is 13.8 Å². The fourth-order valence-electron chi connectivity index (χ4n) is 2.52. The molecule has 8 heteroatoms. The van der Waals surface area contributed by atoms with Gasteiger partial charge < -0.3 is 10.6 Å². The summed E-state index contributed by atoms with van der Waals surface area (Å²) in [5.41, 5.74) is 0.726. The maximum Gasteiger partial charge on any atom is 0.262 e. The largest absolute Gasteiger partial charge is 0.355 e. The van der Waals surface area contributed by atoms with Crippen LogP contribution in [-0.2, 0) is 16.1 Å². The highest BCUT2D eigenvalue weighted by Crippen LogP contribution is 2.25. The average Bonchev–Trinajstić information content (AvgIpc) is 2.89. The molecule has 0 aliphatic carbocycles. The number of hydrogen-bond donors (Lipinski definition) is 2. The van der Waals surface area contributed by atoms with Gasteiger partial charge in [0.05, 0.1) is 11.7 Å². The monoisotopic (exact) mass is 378 g/mol. The molecule has 0 saturated carbocycles. The molecule has 2 heterocycles. The van der Waals surface area contributed by atoms with E-state index in [4.69, 9.17) is 0 Å². The number of hydrogen-bond acceptors (Lipinski definition) is 5. The lowest BCUT2D eigenvalue weighted by molar-refractivity contribution is -0.123. The molecule has 0 aliphatic heterocycles. The first-order valence-electron chi connectivity index (χ1n) is 8.84. The van der Waals surface area contributed by atoms with Gasteiger partial charge in [0.1, 0.15) is 11.4 Å². The molecule has 0 bridgehead atoms. The zero-order valence-electron chi connectivity index (χ0n) is 15.7. The summed E-state index contributed by atoms with van der Waals surface area (Å²) in [6, 6.07) is 0.163. The highest BCUT2D eigenvalue weighted by atomic mass is 32.1. The molecule has 0 radical (unpaired) electrons. The summed E-state index contributed by atoms with van der Waals surface area (Å²) in [6.07, 6.45) is 3.23. The number of thiophene rings is 1. The second-order valence-electron chi connectivity index (χ2n) is 6.47. The lowest BCUT2D eigenvalue weighted by atomic mass is 10.2. The van der Waals surface area contributed by atoms with E-state index in [-0.39, 0.29) is 30.0 Å². The third-order valence-corrected chi connectivity index (χ3v) is 5.51. The van der Waals surface area contributed by atoms with E-state index < -0.39 is 0 Å². The molecule has 0 unspecified atom stereocenters. The minimum Gasteiger partial charge on any atom is -0.355 e. The van der Waals surface area contributed by atoms with E-state index in [9.17, 15) is 14.4 Å². The normalized spacial score (nSPS) is 12.2. The molecule has 0 aromatic carbocycles. The fourth-order valence-corrected chi connectivity index (χ4v) is 3.51. The van der Waals surface area contributed by atoms with Crippen LogP contribution in [0.5, 0.6) is 0 Å². The lowest BCUT2D eigenvalue weighted by Gasteiger charge is -2.11. The van der Waals surface area contributed by atoms with Gasteiger partial charge in [0.15, 0.2) is 0 Å². The first-order chi connectivity index (χ1) is 12.3. The standard InChI is InChI=1S/C18H26N4O3S/c1-5-11(2)21-14(23)7-6-8-19-15(24)9-22-10-20-17-16(18(22)25)12(3)13(4)26-17/h10-11H,5-9H2,1-4H3,(H,19,24)(H,21,23)/t11-/m0/s1. The Balaban J connectivity index is 1.86. The molecule has 2 rings (SSSR count). The molecule has 1 atom stereocenters. The van der Waals surface area contributed by atoms with Crippen LogP contribution in [0.4, 0.5) is 0 Å². The first kappa shape index (κ1) is 20.1. The summed E-state index contributed by atoms with van der Waals surface area (Å²) in [5, 5.41) is 6.22. The van der Waals surface area contributed by atoms with E-state index in [0.717, 1.165) is 16.9 Å². The van der Waals surface area contributed by atoms with Crippen LogP contribution in [-0.4, -0.2) is 34.0 Å². The van der Waals surface area contributed by atoms with Gasteiger partial charge in [-0.25, -0.2) is 4.98 Å². The van der Waals surface area contributed by atoms with Crippen molar-refractivity contribution < 1.29 is 9.59 Å². The Bertz CT molecular complexity index is 856. The summed E-state index contributed by atoms with van der Waals surface area (Å²) in [6.45, 7) is 8.14. The number of nitrogens with zero attached hydrogens (tertiary/aromatic N) is 2. The Morgan fingerprint density at radius 2 is 2.04 bits per heavy atom. The van der Waals surface area contributed by atoms with Crippen LogP contribution in [0.15, 0.2) is 11.1 Å².